The number of rotatable bonds is 9. The number of aromatic nitrogens is 2. The van der Waals surface area contributed by atoms with Crippen LogP contribution in [-0.4, -0.2) is 39.1 Å². The molecule has 0 saturated heterocycles. The molecule has 1 aliphatic carbocycles. The van der Waals surface area contributed by atoms with Gasteiger partial charge >= 0.3 is 12.1 Å². The van der Waals surface area contributed by atoms with Gasteiger partial charge in [0.05, 0.1) is 16.8 Å². The maximum atomic E-state index is 12.9. The second kappa shape index (κ2) is 10.4. The summed E-state index contributed by atoms with van der Waals surface area (Å²) in [5, 5.41) is 12.2. The Morgan fingerprint density at radius 1 is 1.11 bits per heavy atom. The number of carbonyl (C=O) groups excluding carboxylic acids is 1. The second-order valence-corrected chi connectivity index (χ2v) is 9.87. The molecule has 1 amide bonds. The number of halogens is 3. The Labute approximate surface area is 218 Å². The van der Waals surface area contributed by atoms with Gasteiger partial charge in [0.15, 0.2) is 11.4 Å². The van der Waals surface area contributed by atoms with Gasteiger partial charge in [-0.2, -0.15) is 13.2 Å². The Morgan fingerprint density at radius 3 is 2.37 bits per heavy atom. The van der Waals surface area contributed by atoms with Crippen molar-refractivity contribution in [1.29, 1.82) is 0 Å². The molecule has 0 atom stereocenters. The lowest BCUT2D eigenvalue weighted by atomic mass is 10.1. The number of aliphatic carboxylic acids is 1. The number of benzene rings is 2. The van der Waals surface area contributed by atoms with E-state index < -0.39 is 23.3 Å². The van der Waals surface area contributed by atoms with E-state index in [2.05, 4.69) is 15.3 Å². The van der Waals surface area contributed by atoms with Crippen molar-refractivity contribution in [3.8, 4) is 17.1 Å². The second-order valence-electron chi connectivity index (χ2n) is 9.87. The van der Waals surface area contributed by atoms with Crippen molar-refractivity contribution < 1.29 is 32.6 Å². The third kappa shape index (κ3) is 6.30. The van der Waals surface area contributed by atoms with Gasteiger partial charge in [-0.25, -0.2) is 14.8 Å². The molecule has 1 fully saturated rings. The number of aryl methyl sites for hydroxylation is 1. The fourth-order valence-corrected chi connectivity index (χ4v) is 3.90. The van der Waals surface area contributed by atoms with Gasteiger partial charge in [0.2, 0.25) is 0 Å². The van der Waals surface area contributed by atoms with Gasteiger partial charge < -0.3 is 15.2 Å². The van der Waals surface area contributed by atoms with Crippen molar-refractivity contribution in [3.05, 3.63) is 76.6 Å². The predicted octanol–water partition coefficient (Wildman–Crippen LogP) is 5.56. The average molecular weight is 528 g/mol. The molecule has 3 aromatic rings. The smallest absolute Gasteiger partial charge is 0.416 e. The standard InChI is InChI=1S/C28H28F3N3O4/c1-16-14-17(4-11-22(16)38-27(2,3)26(36)37)12-13-32-25(35)21-15-33-24(34-23(21)18-5-6-18)19-7-9-20(10-8-19)28(29,30)31/h4,7-11,14-15,18H,5-6,12-13H2,1-3H3,(H,32,35)(H,36,37). The molecule has 10 heteroatoms. The number of carboxylic acids is 1. The maximum absolute atomic E-state index is 12.9. The van der Waals surface area contributed by atoms with E-state index in [1.165, 1.54) is 32.2 Å². The maximum Gasteiger partial charge on any atom is 0.416 e. The molecule has 1 saturated carbocycles. The van der Waals surface area contributed by atoms with Crippen LogP contribution >= 0.6 is 0 Å². The van der Waals surface area contributed by atoms with E-state index in [1.54, 1.807) is 6.07 Å². The van der Waals surface area contributed by atoms with Gasteiger partial charge in [-0.05, 0) is 69.4 Å². The number of alkyl halides is 3. The number of hydrogen-bond acceptors (Lipinski definition) is 5. The minimum atomic E-state index is -4.42. The monoisotopic (exact) mass is 527 g/mol. The van der Waals surface area contributed by atoms with Crippen LogP contribution in [0.2, 0.25) is 0 Å². The van der Waals surface area contributed by atoms with E-state index in [0.717, 1.165) is 36.1 Å². The van der Waals surface area contributed by atoms with Crippen LogP contribution in [0.4, 0.5) is 13.2 Å². The highest BCUT2D eigenvalue weighted by molar-refractivity contribution is 5.95. The molecule has 0 radical (unpaired) electrons. The molecule has 4 rings (SSSR count). The highest BCUT2D eigenvalue weighted by Crippen LogP contribution is 2.41. The number of nitrogens with one attached hydrogen (secondary N) is 1. The summed E-state index contributed by atoms with van der Waals surface area (Å²) >= 11 is 0. The minimum absolute atomic E-state index is 0.122. The third-order valence-electron chi connectivity index (χ3n) is 6.32. The Bertz CT molecular complexity index is 1350. The largest absolute Gasteiger partial charge is 0.478 e. The molecule has 0 bridgehead atoms. The van der Waals surface area contributed by atoms with Crippen molar-refractivity contribution >= 4 is 11.9 Å². The van der Waals surface area contributed by atoms with Crippen LogP contribution in [0.25, 0.3) is 11.4 Å². The van der Waals surface area contributed by atoms with E-state index in [9.17, 15) is 27.9 Å². The summed E-state index contributed by atoms with van der Waals surface area (Å²) in [6, 6.07) is 10.1. The van der Waals surface area contributed by atoms with E-state index in [1.807, 2.05) is 19.1 Å². The van der Waals surface area contributed by atoms with Crippen LogP contribution in [0.3, 0.4) is 0 Å². The molecule has 0 spiro atoms. The summed E-state index contributed by atoms with van der Waals surface area (Å²) < 4.78 is 44.2. The van der Waals surface area contributed by atoms with Crippen molar-refractivity contribution in [2.75, 3.05) is 6.54 Å². The van der Waals surface area contributed by atoms with Crippen molar-refractivity contribution in [1.82, 2.24) is 15.3 Å². The van der Waals surface area contributed by atoms with Gasteiger partial charge in [0, 0.05) is 24.2 Å². The molecule has 2 N–H and O–H groups in total. The summed E-state index contributed by atoms with van der Waals surface area (Å²) in [7, 11) is 0. The fraction of sp³-hybridized carbons (Fsp3) is 0.357. The predicted molar refractivity (Wildman–Crippen MR) is 134 cm³/mol. The topological polar surface area (TPSA) is 101 Å². The molecule has 1 aliphatic rings. The first-order chi connectivity index (χ1) is 17.8. The first-order valence-corrected chi connectivity index (χ1v) is 12.2. The number of nitrogens with zero attached hydrogens (tertiary/aromatic N) is 2. The number of ether oxygens (including phenoxy) is 1. The van der Waals surface area contributed by atoms with Gasteiger partial charge in [-0.15, -0.1) is 0 Å². The van der Waals surface area contributed by atoms with Crippen LogP contribution in [0.1, 0.15) is 65.3 Å². The van der Waals surface area contributed by atoms with Crippen molar-refractivity contribution in [2.45, 2.75) is 57.7 Å². The van der Waals surface area contributed by atoms with Crippen LogP contribution in [0.15, 0.2) is 48.7 Å². The molecule has 0 aliphatic heterocycles. The molecular weight excluding hydrogens is 499 g/mol. The first kappa shape index (κ1) is 27.1. The summed E-state index contributed by atoms with van der Waals surface area (Å²) in [4.78, 5) is 33.1. The highest BCUT2D eigenvalue weighted by atomic mass is 19.4. The van der Waals surface area contributed by atoms with E-state index >= 15 is 0 Å². The molecule has 200 valence electrons. The minimum Gasteiger partial charge on any atom is -0.478 e. The van der Waals surface area contributed by atoms with Crippen LogP contribution < -0.4 is 10.1 Å². The lowest BCUT2D eigenvalue weighted by Gasteiger charge is -2.23. The van der Waals surface area contributed by atoms with Gasteiger partial charge in [-0.3, -0.25) is 4.79 Å². The first-order valence-electron chi connectivity index (χ1n) is 12.2. The summed E-state index contributed by atoms with van der Waals surface area (Å²) in [5.41, 5.74) is 1.03. The number of carbonyl (C=O) groups is 2. The van der Waals surface area contributed by atoms with Gasteiger partial charge in [-0.1, -0.05) is 24.3 Å². The molecule has 7 nitrogen and oxygen atoms in total. The molecule has 1 aromatic heterocycles. The number of hydrogen-bond donors (Lipinski definition) is 2. The molecule has 1 heterocycles. The van der Waals surface area contributed by atoms with E-state index in [-0.39, 0.29) is 17.6 Å². The summed E-state index contributed by atoms with van der Waals surface area (Å²) in [5.74, 6) is -0.501. The Kier molecular flexibility index (Phi) is 7.44. The van der Waals surface area contributed by atoms with Crippen LogP contribution in [0, 0.1) is 6.92 Å². The highest BCUT2D eigenvalue weighted by Gasteiger charge is 2.32. The van der Waals surface area contributed by atoms with Gasteiger partial charge in [0.25, 0.3) is 5.91 Å². The Hall–Kier alpha value is -3.95. The van der Waals surface area contributed by atoms with Crippen LogP contribution in [0.5, 0.6) is 5.75 Å². The van der Waals surface area contributed by atoms with Crippen molar-refractivity contribution in [3.63, 3.8) is 0 Å². The number of amides is 1. The van der Waals surface area contributed by atoms with E-state index in [4.69, 9.17) is 4.74 Å². The molecule has 38 heavy (non-hydrogen) atoms. The Balaban J connectivity index is 1.41. The van der Waals surface area contributed by atoms with E-state index in [0.29, 0.717) is 35.5 Å². The summed E-state index contributed by atoms with van der Waals surface area (Å²) in [6.07, 6.45) is -0.680. The molecular formula is C28H28F3N3O4. The zero-order valence-corrected chi connectivity index (χ0v) is 21.2. The normalized spacial score (nSPS) is 13.7. The number of carboxylic acid groups (broad SMARTS) is 1. The lowest BCUT2D eigenvalue weighted by Crippen LogP contribution is -2.38. The SMILES string of the molecule is Cc1cc(CCNC(=O)c2cnc(-c3ccc(C(F)(F)F)cc3)nc2C2CC2)ccc1OC(C)(C)C(=O)O. The zero-order valence-electron chi connectivity index (χ0n) is 21.2. The summed E-state index contributed by atoms with van der Waals surface area (Å²) in [6.45, 7) is 5.14. The quantitative estimate of drug-likeness (QED) is 0.378. The fourth-order valence-electron chi connectivity index (χ4n) is 3.90. The van der Waals surface area contributed by atoms with Crippen LogP contribution in [-0.2, 0) is 17.4 Å². The molecule has 2 aromatic carbocycles. The molecule has 0 unspecified atom stereocenters. The Morgan fingerprint density at radius 2 is 1.79 bits per heavy atom. The van der Waals surface area contributed by atoms with Gasteiger partial charge in [0.1, 0.15) is 5.75 Å². The lowest BCUT2D eigenvalue weighted by molar-refractivity contribution is -0.152. The third-order valence-corrected chi connectivity index (χ3v) is 6.32. The van der Waals surface area contributed by atoms with Crippen molar-refractivity contribution in [2.24, 2.45) is 0 Å². The zero-order chi connectivity index (χ0) is 27.7. The average Bonchev–Trinajstić information content (AvgIpc) is 3.70.